The Bertz CT molecular complexity index is 620. The average Bonchev–Trinajstić information content (AvgIpc) is 3.08. The molecular weight excluding hydrogens is 274 g/mol. The van der Waals surface area contributed by atoms with Crippen molar-refractivity contribution in [2.75, 3.05) is 32.1 Å². The molecule has 0 saturated carbocycles. The zero-order valence-electron chi connectivity index (χ0n) is 11.3. The van der Waals surface area contributed by atoms with Crippen LogP contribution in [-0.4, -0.2) is 37.7 Å². The molecule has 0 aliphatic carbocycles. The fourth-order valence-corrected chi connectivity index (χ4v) is 3.32. The SMILES string of the molecule is COCC1(C(=O)Nc2ccc3ncsc3c2)CCNC1. The third-order valence-corrected chi connectivity index (χ3v) is 4.53. The molecule has 1 aliphatic heterocycles. The van der Waals surface area contributed by atoms with E-state index in [4.69, 9.17) is 4.74 Å². The molecule has 5 nitrogen and oxygen atoms in total. The number of rotatable bonds is 4. The van der Waals surface area contributed by atoms with Crippen molar-refractivity contribution < 1.29 is 9.53 Å². The van der Waals surface area contributed by atoms with Gasteiger partial charge in [0.25, 0.3) is 0 Å². The first-order valence-corrected chi connectivity index (χ1v) is 7.46. The Labute approximate surface area is 121 Å². The standard InChI is InChI=1S/C14H17N3O2S/c1-19-8-14(4-5-15-7-14)13(18)17-10-2-3-11-12(6-10)20-9-16-11/h2-3,6,9,15H,4-5,7-8H2,1H3,(H,17,18). The lowest BCUT2D eigenvalue weighted by molar-refractivity contribution is -0.127. The highest BCUT2D eigenvalue weighted by Gasteiger charge is 2.41. The van der Waals surface area contributed by atoms with Crippen LogP contribution in [0.2, 0.25) is 0 Å². The fraction of sp³-hybridized carbons (Fsp3) is 0.429. The Morgan fingerprint density at radius 1 is 1.60 bits per heavy atom. The van der Waals surface area contributed by atoms with E-state index in [1.807, 2.05) is 23.7 Å². The number of ether oxygens (including phenoxy) is 1. The van der Waals surface area contributed by atoms with E-state index >= 15 is 0 Å². The van der Waals surface area contributed by atoms with Gasteiger partial charge in [-0.05, 0) is 31.2 Å². The Balaban J connectivity index is 1.80. The Morgan fingerprint density at radius 3 is 3.25 bits per heavy atom. The fourth-order valence-electron chi connectivity index (χ4n) is 2.60. The first-order valence-electron chi connectivity index (χ1n) is 6.58. The van der Waals surface area contributed by atoms with Crippen molar-refractivity contribution in [3.8, 4) is 0 Å². The van der Waals surface area contributed by atoms with Gasteiger partial charge in [0.2, 0.25) is 5.91 Å². The minimum Gasteiger partial charge on any atom is -0.384 e. The van der Waals surface area contributed by atoms with Crippen LogP contribution in [0, 0.1) is 5.41 Å². The number of nitrogens with zero attached hydrogens (tertiary/aromatic N) is 1. The van der Waals surface area contributed by atoms with Crippen LogP contribution in [-0.2, 0) is 9.53 Å². The second-order valence-electron chi connectivity index (χ2n) is 5.13. The van der Waals surface area contributed by atoms with Gasteiger partial charge in [0.1, 0.15) is 0 Å². The summed E-state index contributed by atoms with van der Waals surface area (Å²) in [5.41, 5.74) is 3.12. The molecule has 1 amide bonds. The van der Waals surface area contributed by atoms with E-state index in [-0.39, 0.29) is 5.91 Å². The lowest BCUT2D eigenvalue weighted by Crippen LogP contribution is -2.41. The van der Waals surface area contributed by atoms with Crippen molar-refractivity contribution >= 4 is 33.1 Å². The van der Waals surface area contributed by atoms with E-state index in [9.17, 15) is 4.79 Å². The first kappa shape index (κ1) is 13.5. The number of nitrogens with one attached hydrogen (secondary N) is 2. The van der Waals surface area contributed by atoms with Crippen molar-refractivity contribution in [2.45, 2.75) is 6.42 Å². The van der Waals surface area contributed by atoms with E-state index in [1.54, 1.807) is 18.4 Å². The minimum absolute atomic E-state index is 0.0215. The van der Waals surface area contributed by atoms with Crippen LogP contribution in [0.4, 0.5) is 5.69 Å². The van der Waals surface area contributed by atoms with Gasteiger partial charge in [0.15, 0.2) is 0 Å². The molecule has 1 atom stereocenters. The number of anilines is 1. The van der Waals surface area contributed by atoms with Gasteiger partial charge in [-0.3, -0.25) is 4.79 Å². The molecule has 106 valence electrons. The van der Waals surface area contributed by atoms with Crippen molar-refractivity contribution in [2.24, 2.45) is 5.41 Å². The monoisotopic (exact) mass is 291 g/mol. The van der Waals surface area contributed by atoms with Crippen molar-refractivity contribution in [3.05, 3.63) is 23.7 Å². The van der Waals surface area contributed by atoms with Crippen LogP contribution in [0.15, 0.2) is 23.7 Å². The summed E-state index contributed by atoms with van der Waals surface area (Å²) in [5, 5.41) is 6.25. The number of amides is 1. The third kappa shape index (κ3) is 2.42. The maximum absolute atomic E-state index is 12.6. The number of fused-ring (bicyclic) bond motifs is 1. The van der Waals surface area contributed by atoms with Crippen LogP contribution in [0.25, 0.3) is 10.2 Å². The predicted octanol–water partition coefficient (Wildman–Crippen LogP) is 1.86. The Morgan fingerprint density at radius 2 is 2.50 bits per heavy atom. The molecule has 2 aromatic rings. The summed E-state index contributed by atoms with van der Waals surface area (Å²) in [4.78, 5) is 16.8. The molecule has 0 radical (unpaired) electrons. The molecule has 1 unspecified atom stereocenters. The Kier molecular flexibility index (Phi) is 3.69. The molecule has 1 aromatic heterocycles. The van der Waals surface area contributed by atoms with Gasteiger partial charge in [-0.15, -0.1) is 11.3 Å². The molecule has 20 heavy (non-hydrogen) atoms. The van der Waals surface area contributed by atoms with Crippen LogP contribution in [0.5, 0.6) is 0 Å². The summed E-state index contributed by atoms with van der Waals surface area (Å²) < 4.78 is 6.31. The maximum Gasteiger partial charge on any atom is 0.234 e. The van der Waals surface area contributed by atoms with Gasteiger partial charge in [-0.1, -0.05) is 0 Å². The molecular formula is C14H17N3O2S. The highest BCUT2D eigenvalue weighted by atomic mass is 32.1. The second kappa shape index (κ2) is 5.47. The normalized spacial score (nSPS) is 22.2. The maximum atomic E-state index is 12.6. The van der Waals surface area contributed by atoms with Gasteiger partial charge in [-0.2, -0.15) is 0 Å². The zero-order chi connectivity index (χ0) is 14.0. The topological polar surface area (TPSA) is 63.2 Å². The average molecular weight is 291 g/mol. The van der Waals surface area contributed by atoms with Crippen molar-refractivity contribution in [1.82, 2.24) is 10.3 Å². The number of aromatic nitrogens is 1. The molecule has 2 heterocycles. The molecule has 1 aromatic carbocycles. The first-order chi connectivity index (χ1) is 9.73. The molecule has 6 heteroatoms. The number of carbonyl (C=O) groups is 1. The van der Waals surface area contributed by atoms with Crippen LogP contribution >= 0.6 is 11.3 Å². The van der Waals surface area contributed by atoms with Crippen LogP contribution in [0.3, 0.4) is 0 Å². The van der Waals surface area contributed by atoms with Gasteiger partial charge in [0.05, 0.1) is 27.7 Å². The van der Waals surface area contributed by atoms with Crippen LogP contribution in [0.1, 0.15) is 6.42 Å². The lowest BCUT2D eigenvalue weighted by atomic mass is 9.87. The van der Waals surface area contributed by atoms with E-state index in [1.165, 1.54) is 0 Å². The molecule has 0 bridgehead atoms. The highest BCUT2D eigenvalue weighted by Crippen LogP contribution is 2.29. The van der Waals surface area contributed by atoms with Gasteiger partial charge in [-0.25, -0.2) is 4.98 Å². The van der Waals surface area contributed by atoms with Crippen molar-refractivity contribution in [1.29, 1.82) is 0 Å². The third-order valence-electron chi connectivity index (χ3n) is 3.74. The molecule has 2 N–H and O–H groups in total. The smallest absolute Gasteiger partial charge is 0.234 e. The number of benzene rings is 1. The number of carbonyl (C=O) groups excluding carboxylic acids is 1. The van der Waals surface area contributed by atoms with E-state index in [0.29, 0.717) is 13.2 Å². The highest BCUT2D eigenvalue weighted by molar-refractivity contribution is 7.16. The number of thiazole rings is 1. The largest absolute Gasteiger partial charge is 0.384 e. The summed E-state index contributed by atoms with van der Waals surface area (Å²) in [6.45, 7) is 1.95. The van der Waals surface area contributed by atoms with Crippen molar-refractivity contribution in [3.63, 3.8) is 0 Å². The van der Waals surface area contributed by atoms with Gasteiger partial charge in [0, 0.05) is 19.3 Å². The molecule has 3 rings (SSSR count). The predicted molar refractivity (Wildman–Crippen MR) is 80.0 cm³/mol. The number of methoxy groups -OCH3 is 1. The summed E-state index contributed by atoms with van der Waals surface area (Å²) in [6, 6.07) is 5.79. The summed E-state index contributed by atoms with van der Waals surface area (Å²) in [7, 11) is 1.64. The van der Waals surface area contributed by atoms with Gasteiger partial charge < -0.3 is 15.4 Å². The van der Waals surface area contributed by atoms with E-state index < -0.39 is 5.41 Å². The molecule has 1 fully saturated rings. The summed E-state index contributed by atoms with van der Waals surface area (Å²) in [5.74, 6) is 0.0215. The summed E-state index contributed by atoms with van der Waals surface area (Å²) >= 11 is 1.57. The molecule has 0 spiro atoms. The Hall–Kier alpha value is -1.50. The van der Waals surface area contributed by atoms with E-state index in [0.717, 1.165) is 28.9 Å². The van der Waals surface area contributed by atoms with E-state index in [2.05, 4.69) is 15.6 Å². The number of hydrogen-bond acceptors (Lipinski definition) is 5. The zero-order valence-corrected chi connectivity index (χ0v) is 12.1. The van der Waals surface area contributed by atoms with Gasteiger partial charge >= 0.3 is 0 Å². The molecule has 1 aliphatic rings. The quantitative estimate of drug-likeness (QED) is 0.902. The molecule has 1 saturated heterocycles. The second-order valence-corrected chi connectivity index (χ2v) is 6.02. The van der Waals surface area contributed by atoms with Crippen LogP contribution < -0.4 is 10.6 Å². The summed E-state index contributed by atoms with van der Waals surface area (Å²) in [6.07, 6.45) is 0.801. The number of hydrogen-bond donors (Lipinski definition) is 2. The lowest BCUT2D eigenvalue weighted by Gasteiger charge is -2.25. The minimum atomic E-state index is -0.461.